The van der Waals surface area contributed by atoms with E-state index in [1.54, 1.807) is 0 Å². The summed E-state index contributed by atoms with van der Waals surface area (Å²) in [6.07, 6.45) is -1.50. The highest BCUT2D eigenvalue weighted by Crippen LogP contribution is 2.17. The minimum Gasteiger partial charge on any atom is -0.394 e. The molecule has 0 aromatic rings. The van der Waals surface area contributed by atoms with E-state index in [-0.39, 0.29) is 6.42 Å². The van der Waals surface area contributed by atoms with Crippen LogP contribution in [-0.4, -0.2) is 109 Å². The first-order valence-electron chi connectivity index (χ1n) is 10.5. The van der Waals surface area contributed by atoms with Crippen molar-refractivity contribution in [1.29, 1.82) is 0 Å². The highest BCUT2D eigenvalue weighted by molar-refractivity contribution is 6.16. The van der Waals surface area contributed by atoms with Crippen LogP contribution in [0.4, 0.5) is 0 Å². The molecule has 0 radical (unpaired) electrons. The SMILES string of the molecule is CCCCCC(=O)[C@@H](O)[C@@H](O)[C@H](O)[C@H](O)CO.COC(N1C(=O)C=CC1=O)N1C(=O)C=CC1=O. The maximum atomic E-state index is 11.4. The second kappa shape index (κ2) is 13.8. The van der Waals surface area contributed by atoms with Crippen LogP contribution >= 0.6 is 0 Å². The summed E-state index contributed by atoms with van der Waals surface area (Å²) in [7, 11) is 1.20. The Hall–Kier alpha value is -2.81. The molecule has 2 rings (SSSR count). The Kier molecular flexibility index (Phi) is 11.9. The van der Waals surface area contributed by atoms with E-state index in [0.29, 0.717) is 16.2 Å². The van der Waals surface area contributed by atoms with Gasteiger partial charge in [-0.1, -0.05) is 19.8 Å². The van der Waals surface area contributed by atoms with Crippen LogP contribution in [0, 0.1) is 0 Å². The van der Waals surface area contributed by atoms with Crippen molar-refractivity contribution in [2.75, 3.05) is 13.7 Å². The quantitative estimate of drug-likeness (QED) is 0.142. The minimum absolute atomic E-state index is 0.119. The van der Waals surface area contributed by atoms with Crippen LogP contribution in [-0.2, 0) is 28.7 Å². The molecule has 13 nitrogen and oxygen atoms in total. The molecule has 0 aliphatic carbocycles. The van der Waals surface area contributed by atoms with Crippen LogP contribution in [0.5, 0.6) is 0 Å². The molecule has 0 aromatic carbocycles. The van der Waals surface area contributed by atoms with Gasteiger partial charge in [0.05, 0.1) is 6.61 Å². The van der Waals surface area contributed by atoms with Gasteiger partial charge in [0.1, 0.15) is 24.4 Å². The number of Topliss-reactive ketones (excluding diaryl/α,β-unsaturated/α-hetero) is 1. The first kappa shape index (κ1) is 29.2. The number of aliphatic hydroxyl groups excluding tert-OH is 5. The van der Waals surface area contributed by atoms with E-state index in [0.717, 1.165) is 37.1 Å². The fraction of sp³-hybridized carbons (Fsp3) is 0.571. The Bertz CT molecular complexity index is 748. The number of nitrogens with zero attached hydrogens (tertiary/aromatic N) is 2. The van der Waals surface area contributed by atoms with E-state index in [1.165, 1.54) is 7.11 Å². The molecular formula is C21H30N2O11. The molecule has 0 saturated heterocycles. The molecule has 34 heavy (non-hydrogen) atoms. The van der Waals surface area contributed by atoms with Crippen molar-refractivity contribution in [1.82, 2.24) is 9.80 Å². The molecule has 2 aliphatic rings. The maximum Gasteiger partial charge on any atom is 0.257 e. The topological polar surface area (TPSA) is 202 Å². The lowest BCUT2D eigenvalue weighted by molar-refractivity contribution is -0.176. The summed E-state index contributed by atoms with van der Waals surface area (Å²) in [5.41, 5.74) is 0. The van der Waals surface area contributed by atoms with Gasteiger partial charge in [0.25, 0.3) is 23.6 Å². The Balaban J connectivity index is 0.000000340. The normalized spacial score (nSPS) is 18.9. The number of hydrogen-bond acceptors (Lipinski definition) is 11. The van der Waals surface area contributed by atoms with E-state index in [2.05, 4.69) is 0 Å². The number of rotatable bonds is 12. The first-order chi connectivity index (χ1) is 16.0. The fourth-order valence-corrected chi connectivity index (χ4v) is 3.00. The lowest BCUT2D eigenvalue weighted by Gasteiger charge is -2.30. The molecule has 0 saturated carbocycles. The monoisotopic (exact) mass is 486 g/mol. The van der Waals surface area contributed by atoms with Crippen molar-refractivity contribution in [3.63, 3.8) is 0 Å². The summed E-state index contributed by atoms with van der Waals surface area (Å²) in [5.74, 6) is -3.09. The number of amides is 4. The zero-order chi connectivity index (χ0) is 26.0. The molecule has 2 heterocycles. The zero-order valence-electron chi connectivity index (χ0n) is 18.8. The number of ether oxygens (including phenoxy) is 1. The molecule has 5 N–H and O–H groups in total. The number of carbonyl (C=O) groups is 5. The third-order valence-electron chi connectivity index (χ3n) is 4.95. The second-order valence-corrected chi connectivity index (χ2v) is 7.42. The molecule has 0 bridgehead atoms. The predicted molar refractivity (Wildman–Crippen MR) is 113 cm³/mol. The lowest BCUT2D eigenvalue weighted by Crippen LogP contribution is -2.54. The summed E-state index contributed by atoms with van der Waals surface area (Å²) in [5, 5.41) is 45.8. The van der Waals surface area contributed by atoms with Crippen molar-refractivity contribution in [3.05, 3.63) is 24.3 Å². The highest BCUT2D eigenvalue weighted by atomic mass is 16.5. The first-order valence-corrected chi connectivity index (χ1v) is 10.5. The van der Waals surface area contributed by atoms with Crippen molar-refractivity contribution >= 4 is 29.4 Å². The molecule has 2 aliphatic heterocycles. The standard InChI is InChI=1S/C11H22O6.C10H8N2O5/c1-2-3-4-5-7(13)9(15)11(17)10(16)8(14)6-12;1-17-10(11-6(13)2-3-7(11)14)12-8(15)4-5-9(12)16/h8-12,14-17H,2-6H2,1H3;2-5,10H,1H3/t8-,9-,10-,11-;/m1./s1. The summed E-state index contributed by atoms with van der Waals surface area (Å²) in [4.78, 5) is 58.5. The Labute approximate surface area is 195 Å². The number of carbonyl (C=O) groups excluding carboxylic acids is 5. The van der Waals surface area contributed by atoms with E-state index >= 15 is 0 Å². The van der Waals surface area contributed by atoms with Crippen LogP contribution in [0.3, 0.4) is 0 Å². The van der Waals surface area contributed by atoms with Crippen molar-refractivity contribution in [2.45, 2.75) is 63.4 Å². The number of hydrogen-bond donors (Lipinski definition) is 5. The lowest BCUT2D eigenvalue weighted by atomic mass is 9.97. The predicted octanol–water partition coefficient (Wildman–Crippen LogP) is -2.66. The van der Waals surface area contributed by atoms with Gasteiger partial charge < -0.3 is 30.3 Å². The Morgan fingerprint density at radius 2 is 1.29 bits per heavy atom. The van der Waals surface area contributed by atoms with Gasteiger partial charge in [-0.2, -0.15) is 0 Å². The average molecular weight is 486 g/mol. The smallest absolute Gasteiger partial charge is 0.257 e. The van der Waals surface area contributed by atoms with Gasteiger partial charge in [0.2, 0.25) is 6.35 Å². The van der Waals surface area contributed by atoms with Gasteiger partial charge in [-0.3, -0.25) is 24.0 Å². The second-order valence-electron chi connectivity index (χ2n) is 7.42. The highest BCUT2D eigenvalue weighted by Gasteiger charge is 2.41. The van der Waals surface area contributed by atoms with Crippen molar-refractivity contribution in [3.8, 4) is 0 Å². The molecule has 0 aromatic heterocycles. The Morgan fingerprint density at radius 1 is 0.853 bits per heavy atom. The van der Waals surface area contributed by atoms with Gasteiger partial charge in [-0.15, -0.1) is 0 Å². The summed E-state index contributed by atoms with van der Waals surface area (Å²) in [6.45, 7) is 1.21. The number of unbranched alkanes of at least 4 members (excludes halogenated alkanes) is 2. The summed E-state index contributed by atoms with van der Waals surface area (Å²) >= 11 is 0. The average Bonchev–Trinajstić information content (AvgIpc) is 3.34. The van der Waals surface area contributed by atoms with Crippen molar-refractivity contribution < 1.29 is 54.2 Å². The maximum absolute atomic E-state index is 11.4. The molecular weight excluding hydrogens is 456 g/mol. The largest absolute Gasteiger partial charge is 0.394 e. The molecule has 4 amide bonds. The van der Waals surface area contributed by atoms with Crippen LogP contribution in [0.1, 0.15) is 32.6 Å². The van der Waals surface area contributed by atoms with Gasteiger partial charge >= 0.3 is 0 Å². The molecule has 4 atom stereocenters. The van der Waals surface area contributed by atoms with Gasteiger partial charge in [0.15, 0.2) is 5.78 Å². The third-order valence-corrected chi connectivity index (χ3v) is 4.95. The van der Waals surface area contributed by atoms with Gasteiger partial charge in [-0.25, -0.2) is 9.80 Å². The number of imide groups is 2. The summed E-state index contributed by atoms with van der Waals surface area (Å²) in [6, 6.07) is 0. The van der Waals surface area contributed by atoms with Crippen LogP contribution in [0.15, 0.2) is 24.3 Å². The van der Waals surface area contributed by atoms with Crippen molar-refractivity contribution in [2.24, 2.45) is 0 Å². The number of ketones is 1. The van der Waals surface area contributed by atoms with E-state index < -0.39 is 66.8 Å². The van der Waals surface area contributed by atoms with E-state index in [1.807, 2.05) is 6.92 Å². The minimum atomic E-state index is -1.79. The van der Waals surface area contributed by atoms with Gasteiger partial charge in [0, 0.05) is 37.8 Å². The van der Waals surface area contributed by atoms with E-state index in [9.17, 15) is 39.3 Å². The Morgan fingerprint density at radius 3 is 1.65 bits per heavy atom. The molecule has 13 heteroatoms. The number of aliphatic hydroxyl groups is 5. The molecule has 190 valence electrons. The van der Waals surface area contributed by atoms with Gasteiger partial charge in [-0.05, 0) is 6.42 Å². The molecule has 0 unspecified atom stereocenters. The fourth-order valence-electron chi connectivity index (χ4n) is 3.00. The molecule has 0 spiro atoms. The molecule has 0 fully saturated rings. The zero-order valence-corrected chi connectivity index (χ0v) is 18.8. The summed E-state index contributed by atoms with van der Waals surface area (Å²) < 4.78 is 4.89. The number of methoxy groups -OCH3 is 1. The third kappa shape index (κ3) is 7.35. The van der Waals surface area contributed by atoms with E-state index in [4.69, 9.17) is 14.9 Å². The van der Waals surface area contributed by atoms with Crippen LogP contribution in [0.25, 0.3) is 0 Å². The van der Waals surface area contributed by atoms with Crippen LogP contribution < -0.4 is 0 Å². The van der Waals surface area contributed by atoms with Crippen LogP contribution in [0.2, 0.25) is 0 Å².